The Bertz CT molecular complexity index is 149. The number of rotatable bonds is 6. The predicted molar refractivity (Wildman–Crippen MR) is 52.2 cm³/mol. The molecule has 0 aromatic rings. The van der Waals surface area contributed by atoms with Crippen LogP contribution < -0.4 is 0 Å². The first-order valence-electron chi connectivity index (χ1n) is 4.82. The Morgan fingerprint density at radius 2 is 2.33 bits per heavy atom. The lowest BCUT2D eigenvalue weighted by molar-refractivity contribution is 0.119. The third-order valence-corrected chi connectivity index (χ3v) is 2.15. The van der Waals surface area contributed by atoms with Crippen LogP contribution >= 0.6 is 0 Å². The fraction of sp³-hybridized carbons (Fsp3) is 0.636. The van der Waals surface area contributed by atoms with Crippen molar-refractivity contribution in [1.82, 2.24) is 0 Å². The highest BCUT2D eigenvalue weighted by Crippen LogP contribution is 2.12. The van der Waals surface area contributed by atoms with Gasteiger partial charge in [0.25, 0.3) is 0 Å². The fourth-order valence-corrected chi connectivity index (χ4v) is 1.43. The van der Waals surface area contributed by atoms with Crippen molar-refractivity contribution in [2.75, 3.05) is 6.61 Å². The summed E-state index contributed by atoms with van der Waals surface area (Å²) in [6, 6.07) is 0. The van der Waals surface area contributed by atoms with Crippen molar-refractivity contribution in [2.45, 2.75) is 38.2 Å². The molecule has 0 saturated carbocycles. The van der Waals surface area contributed by atoms with Crippen molar-refractivity contribution in [1.29, 1.82) is 0 Å². The van der Waals surface area contributed by atoms with Crippen LogP contribution in [0.2, 0.25) is 0 Å². The monoisotopic (exact) mass is 166 g/mol. The van der Waals surface area contributed by atoms with Crippen molar-refractivity contribution in [3.05, 3.63) is 24.8 Å². The van der Waals surface area contributed by atoms with E-state index in [2.05, 4.69) is 18.7 Å². The van der Waals surface area contributed by atoms with Gasteiger partial charge >= 0.3 is 0 Å². The molecule has 1 heteroatoms. The molecule has 0 aromatic carbocycles. The average molecular weight is 166 g/mol. The molecule has 1 atom stereocenters. The van der Waals surface area contributed by atoms with Crippen molar-refractivity contribution >= 4 is 0 Å². The third-order valence-electron chi connectivity index (χ3n) is 2.15. The SMILES string of the molecule is C=CCCCCCC1C=CCO1. The Morgan fingerprint density at radius 1 is 1.42 bits per heavy atom. The van der Waals surface area contributed by atoms with Crippen LogP contribution in [0.1, 0.15) is 32.1 Å². The predicted octanol–water partition coefficient (Wildman–Crippen LogP) is 3.08. The zero-order chi connectivity index (χ0) is 8.65. The van der Waals surface area contributed by atoms with Crippen LogP contribution in [-0.2, 0) is 4.74 Å². The lowest BCUT2D eigenvalue weighted by Gasteiger charge is -2.06. The molecule has 0 radical (unpaired) electrons. The smallest absolute Gasteiger partial charge is 0.0760 e. The second-order valence-electron chi connectivity index (χ2n) is 3.23. The summed E-state index contributed by atoms with van der Waals surface area (Å²) in [6.07, 6.45) is 12.9. The zero-order valence-electron chi connectivity index (χ0n) is 7.67. The quantitative estimate of drug-likeness (QED) is 0.435. The molecule has 1 aliphatic heterocycles. The number of unbranched alkanes of at least 4 members (excludes halogenated alkanes) is 3. The third kappa shape index (κ3) is 3.72. The van der Waals surface area contributed by atoms with E-state index in [1.807, 2.05) is 6.08 Å². The summed E-state index contributed by atoms with van der Waals surface area (Å²) in [4.78, 5) is 0. The van der Waals surface area contributed by atoms with Gasteiger partial charge in [0, 0.05) is 0 Å². The van der Waals surface area contributed by atoms with Gasteiger partial charge in [-0.05, 0) is 19.3 Å². The first kappa shape index (κ1) is 9.53. The van der Waals surface area contributed by atoms with Crippen LogP contribution in [0.5, 0.6) is 0 Å². The van der Waals surface area contributed by atoms with Crippen molar-refractivity contribution in [3.8, 4) is 0 Å². The van der Waals surface area contributed by atoms with Crippen LogP contribution in [0, 0.1) is 0 Å². The van der Waals surface area contributed by atoms with Gasteiger partial charge in [0.15, 0.2) is 0 Å². The number of hydrogen-bond acceptors (Lipinski definition) is 1. The molecule has 0 aliphatic carbocycles. The van der Waals surface area contributed by atoms with Crippen LogP contribution in [-0.4, -0.2) is 12.7 Å². The highest BCUT2D eigenvalue weighted by Gasteiger charge is 2.07. The molecule has 0 fully saturated rings. The summed E-state index contributed by atoms with van der Waals surface area (Å²) >= 11 is 0. The molecular formula is C11H18O. The van der Waals surface area contributed by atoms with Gasteiger partial charge in [0.1, 0.15) is 0 Å². The summed E-state index contributed by atoms with van der Waals surface area (Å²) in [6.45, 7) is 4.52. The van der Waals surface area contributed by atoms with Crippen molar-refractivity contribution in [2.24, 2.45) is 0 Å². The lowest BCUT2D eigenvalue weighted by atomic mass is 10.1. The highest BCUT2D eigenvalue weighted by atomic mass is 16.5. The molecule has 0 amide bonds. The van der Waals surface area contributed by atoms with Crippen LogP contribution in [0.15, 0.2) is 24.8 Å². The molecule has 12 heavy (non-hydrogen) atoms. The standard InChI is InChI=1S/C11H18O/c1-2-3-4-5-6-8-11-9-7-10-12-11/h2,7,9,11H,1,3-6,8,10H2. The van der Waals surface area contributed by atoms with E-state index in [9.17, 15) is 0 Å². The second kappa shape index (κ2) is 6.01. The van der Waals surface area contributed by atoms with E-state index < -0.39 is 0 Å². The maximum absolute atomic E-state index is 5.43. The van der Waals surface area contributed by atoms with Gasteiger partial charge in [-0.2, -0.15) is 0 Å². The molecule has 0 saturated heterocycles. The molecule has 68 valence electrons. The molecular weight excluding hydrogens is 148 g/mol. The van der Waals surface area contributed by atoms with E-state index in [-0.39, 0.29) is 0 Å². The molecule has 1 heterocycles. The Balaban J connectivity index is 1.88. The normalized spacial score (nSPS) is 21.5. The first-order chi connectivity index (χ1) is 5.93. The molecule has 0 N–H and O–H groups in total. The van der Waals surface area contributed by atoms with Gasteiger partial charge in [-0.25, -0.2) is 0 Å². The number of allylic oxidation sites excluding steroid dienone is 1. The van der Waals surface area contributed by atoms with Gasteiger partial charge < -0.3 is 4.74 Å². The summed E-state index contributed by atoms with van der Waals surface area (Å²) < 4.78 is 5.43. The van der Waals surface area contributed by atoms with Gasteiger partial charge in [0.2, 0.25) is 0 Å². The van der Waals surface area contributed by atoms with Gasteiger partial charge in [0.05, 0.1) is 12.7 Å². The Labute approximate surface area is 75.1 Å². The van der Waals surface area contributed by atoms with Gasteiger partial charge in [-0.1, -0.05) is 31.1 Å². The summed E-state index contributed by atoms with van der Waals surface area (Å²) in [5.74, 6) is 0. The molecule has 0 bridgehead atoms. The lowest BCUT2D eigenvalue weighted by Crippen LogP contribution is -2.03. The Kier molecular flexibility index (Phi) is 4.77. The largest absolute Gasteiger partial charge is 0.370 e. The van der Waals surface area contributed by atoms with E-state index in [1.165, 1.54) is 25.7 Å². The maximum atomic E-state index is 5.43. The molecule has 0 spiro atoms. The van der Waals surface area contributed by atoms with Gasteiger partial charge in [-0.15, -0.1) is 6.58 Å². The topological polar surface area (TPSA) is 9.23 Å². The maximum Gasteiger partial charge on any atom is 0.0760 e. The fourth-order valence-electron chi connectivity index (χ4n) is 1.43. The van der Waals surface area contributed by atoms with Crippen molar-refractivity contribution in [3.63, 3.8) is 0 Å². The second-order valence-corrected chi connectivity index (χ2v) is 3.23. The number of ether oxygens (including phenoxy) is 1. The van der Waals surface area contributed by atoms with Gasteiger partial charge in [-0.3, -0.25) is 0 Å². The molecule has 1 unspecified atom stereocenters. The minimum Gasteiger partial charge on any atom is -0.370 e. The molecule has 0 aromatic heterocycles. The zero-order valence-corrected chi connectivity index (χ0v) is 7.67. The Hall–Kier alpha value is -0.560. The van der Waals surface area contributed by atoms with E-state index in [0.717, 1.165) is 13.0 Å². The van der Waals surface area contributed by atoms with E-state index in [0.29, 0.717) is 6.10 Å². The first-order valence-corrected chi connectivity index (χ1v) is 4.82. The van der Waals surface area contributed by atoms with E-state index in [4.69, 9.17) is 4.74 Å². The van der Waals surface area contributed by atoms with Crippen LogP contribution in [0.25, 0.3) is 0 Å². The van der Waals surface area contributed by atoms with Crippen LogP contribution in [0.4, 0.5) is 0 Å². The average Bonchev–Trinajstić information content (AvgIpc) is 2.57. The molecule has 1 nitrogen and oxygen atoms in total. The van der Waals surface area contributed by atoms with Crippen LogP contribution in [0.3, 0.4) is 0 Å². The van der Waals surface area contributed by atoms with Crippen molar-refractivity contribution < 1.29 is 4.74 Å². The minimum atomic E-state index is 0.411. The summed E-state index contributed by atoms with van der Waals surface area (Å²) in [5, 5.41) is 0. The summed E-state index contributed by atoms with van der Waals surface area (Å²) in [7, 11) is 0. The molecule has 1 rings (SSSR count). The van der Waals surface area contributed by atoms with E-state index >= 15 is 0 Å². The minimum absolute atomic E-state index is 0.411. The Morgan fingerprint density at radius 3 is 3.00 bits per heavy atom. The summed E-state index contributed by atoms with van der Waals surface area (Å²) in [5.41, 5.74) is 0. The van der Waals surface area contributed by atoms with E-state index in [1.54, 1.807) is 0 Å². The number of hydrogen-bond donors (Lipinski definition) is 0. The highest BCUT2D eigenvalue weighted by molar-refractivity contribution is 4.95. The molecule has 1 aliphatic rings.